The van der Waals surface area contributed by atoms with Gasteiger partial charge in [-0.25, -0.2) is 20.0 Å². The van der Waals surface area contributed by atoms with Crippen molar-refractivity contribution in [3.05, 3.63) is 200 Å². The standard InChI is InChI=1S/C18H19ClN4.C18H18ClN3O.C18H18ClN3S.C17H20N4S/c1-22-8-10-23(11-9-22)18-14-4-2-3-5-15(14)20-16-7-6-13(19)12-17(16)21-18;2*1-21-8-10-22(11-9-21)18-14-12-13(19)6-7-16(14)23-17-5-3-2-4-15(17)20-18;1-12-11-13-16(21-9-7-20(2)8-10-21)18-14-5-3-4-6-15(14)19-17(13)22-12/h2-7,12,20H,8-11H2,1H3;2*2-7,12H,8-11H2,1H3;3-6,11,19H,7-10H2,1-2H3. The molecule has 0 spiro atoms. The second-order valence-corrected chi connectivity index (χ2v) is 27.5. The number of thiophene rings is 1. The van der Waals surface area contributed by atoms with Crippen molar-refractivity contribution in [1.82, 2.24) is 39.2 Å². The molecule has 0 atom stereocenters. The lowest BCUT2D eigenvalue weighted by molar-refractivity contribution is 0.215. The van der Waals surface area contributed by atoms with Gasteiger partial charge in [-0.2, -0.15) is 0 Å². The molecular weight excluding hydrogens is 1240 g/mol. The number of piperazine rings is 4. The number of likely N-dealkylation sites (N-methyl/N-ethyl adjacent to an activating group) is 4. The van der Waals surface area contributed by atoms with Gasteiger partial charge >= 0.3 is 0 Å². The fourth-order valence-electron chi connectivity index (χ4n) is 12.0. The molecule has 7 aromatic carbocycles. The van der Waals surface area contributed by atoms with E-state index in [4.69, 9.17) is 59.5 Å². The minimum atomic E-state index is 0.695. The van der Waals surface area contributed by atoms with Crippen molar-refractivity contribution in [2.75, 3.05) is 144 Å². The smallest absolute Gasteiger partial charge is 0.153 e. The highest BCUT2D eigenvalue weighted by atomic mass is 35.5. The zero-order chi connectivity index (χ0) is 62.5. The Hall–Kier alpha value is -7.42. The van der Waals surface area contributed by atoms with E-state index in [0.29, 0.717) is 10.0 Å². The number of para-hydroxylation sites is 6. The molecule has 4 saturated heterocycles. The molecule has 91 heavy (non-hydrogen) atoms. The van der Waals surface area contributed by atoms with E-state index in [1.807, 2.05) is 84.9 Å². The first-order valence-electron chi connectivity index (χ1n) is 31.2. The van der Waals surface area contributed by atoms with Gasteiger partial charge in [0, 0.05) is 151 Å². The van der Waals surface area contributed by atoms with E-state index in [1.165, 1.54) is 25.2 Å². The number of aryl methyl sites for hydroxylation is 1. The number of ether oxygens (including phenoxy) is 1. The lowest BCUT2D eigenvalue weighted by atomic mass is 10.1. The van der Waals surface area contributed by atoms with Crippen LogP contribution in [0, 0.1) is 6.92 Å². The number of nitrogens with zero attached hydrogens (tertiary/aromatic N) is 12. The lowest BCUT2D eigenvalue weighted by Crippen LogP contribution is -2.47. The maximum Gasteiger partial charge on any atom is 0.153 e. The van der Waals surface area contributed by atoms with Crippen molar-refractivity contribution in [1.29, 1.82) is 0 Å². The summed E-state index contributed by atoms with van der Waals surface area (Å²) < 4.78 is 6.09. The molecule has 0 radical (unpaired) electrons. The fraction of sp³-hybridized carbons (Fsp3) is 0.296. The molecular formula is C71H75Cl3N14OS2. The van der Waals surface area contributed by atoms with E-state index in [9.17, 15) is 0 Å². The van der Waals surface area contributed by atoms with Gasteiger partial charge in [0.05, 0.1) is 39.6 Å². The Morgan fingerprint density at radius 2 is 0.813 bits per heavy atom. The zero-order valence-corrected chi connectivity index (χ0v) is 56.0. The average Bonchev–Trinajstić information content (AvgIpc) is 1.83. The van der Waals surface area contributed by atoms with E-state index in [-0.39, 0.29) is 0 Å². The molecule has 2 N–H and O–H groups in total. The van der Waals surface area contributed by atoms with Gasteiger partial charge in [-0.05, 0) is 144 Å². The van der Waals surface area contributed by atoms with Crippen LogP contribution in [0.25, 0.3) is 0 Å². The van der Waals surface area contributed by atoms with Crippen LogP contribution in [0.15, 0.2) is 187 Å². The second kappa shape index (κ2) is 28.2. The molecule has 0 unspecified atom stereocenters. The monoisotopic (exact) mass is 1310 g/mol. The molecule has 15 nitrogen and oxygen atoms in total. The highest BCUT2D eigenvalue weighted by Gasteiger charge is 2.30. The topological polar surface area (TPSA) is 109 Å². The first kappa shape index (κ1) is 62.4. The molecule has 8 aliphatic rings. The van der Waals surface area contributed by atoms with E-state index < -0.39 is 0 Å². The van der Waals surface area contributed by atoms with Crippen molar-refractivity contribution in [2.45, 2.75) is 16.7 Å². The summed E-state index contributed by atoms with van der Waals surface area (Å²) in [5.74, 6) is 5.72. The summed E-state index contributed by atoms with van der Waals surface area (Å²) in [7, 11) is 8.66. The van der Waals surface area contributed by atoms with Gasteiger partial charge in [-0.1, -0.05) is 95.1 Å². The number of nitrogens with one attached hydrogen (secondary N) is 2. The Morgan fingerprint density at radius 3 is 1.46 bits per heavy atom. The summed E-state index contributed by atoms with van der Waals surface area (Å²) in [6.45, 7) is 18.5. The molecule has 0 saturated carbocycles. The van der Waals surface area contributed by atoms with Crippen LogP contribution in [0.1, 0.15) is 27.1 Å². The number of fused-ring (bicyclic) bond motifs is 8. The quantitative estimate of drug-likeness (QED) is 0.151. The van der Waals surface area contributed by atoms with Gasteiger partial charge in [0.15, 0.2) is 5.75 Å². The first-order valence-corrected chi connectivity index (χ1v) is 33.9. The van der Waals surface area contributed by atoms with Gasteiger partial charge in [-0.15, -0.1) is 11.3 Å². The number of halogens is 3. The summed E-state index contributed by atoms with van der Waals surface area (Å²) in [4.78, 5) is 42.6. The van der Waals surface area contributed by atoms with Crippen LogP contribution in [0.2, 0.25) is 15.1 Å². The van der Waals surface area contributed by atoms with Gasteiger partial charge < -0.3 is 54.6 Å². The third kappa shape index (κ3) is 14.6. The van der Waals surface area contributed by atoms with Crippen molar-refractivity contribution < 1.29 is 4.74 Å². The van der Waals surface area contributed by atoms with E-state index in [0.717, 1.165) is 201 Å². The van der Waals surface area contributed by atoms with Crippen LogP contribution >= 0.6 is 57.9 Å². The van der Waals surface area contributed by atoms with Crippen LogP contribution in [0.4, 0.5) is 44.8 Å². The predicted octanol–water partition coefficient (Wildman–Crippen LogP) is 15.1. The highest BCUT2D eigenvalue weighted by molar-refractivity contribution is 7.99. The van der Waals surface area contributed by atoms with Crippen LogP contribution in [-0.4, -0.2) is 195 Å². The van der Waals surface area contributed by atoms with E-state index in [1.54, 1.807) is 23.1 Å². The first-order chi connectivity index (χ1) is 44.3. The molecule has 20 heteroatoms. The van der Waals surface area contributed by atoms with Crippen molar-refractivity contribution in [2.24, 2.45) is 20.0 Å². The molecule has 8 aromatic rings. The Balaban J connectivity index is 0.000000111. The fourth-order valence-corrected chi connectivity index (χ4v) is 14.4. The average molecular weight is 1310 g/mol. The van der Waals surface area contributed by atoms with Crippen molar-refractivity contribution >= 4 is 126 Å². The Kier molecular flexibility index (Phi) is 19.3. The summed E-state index contributed by atoms with van der Waals surface area (Å²) >= 11 is 22.3. The zero-order valence-electron chi connectivity index (χ0n) is 52.1. The van der Waals surface area contributed by atoms with Crippen LogP contribution in [0.5, 0.6) is 11.5 Å². The minimum Gasteiger partial charge on any atom is -0.454 e. The predicted molar refractivity (Wildman–Crippen MR) is 381 cm³/mol. The molecule has 0 bridgehead atoms. The van der Waals surface area contributed by atoms with Crippen molar-refractivity contribution in [3.8, 4) is 11.5 Å². The molecule has 4 fully saturated rings. The molecule has 16 rings (SSSR count). The second-order valence-electron chi connectivity index (χ2n) is 23.9. The maximum atomic E-state index is 6.28. The van der Waals surface area contributed by atoms with Gasteiger partial charge in [0.2, 0.25) is 0 Å². The molecule has 1 aromatic heterocycles. The number of hydrogen-bond donors (Lipinski definition) is 2. The lowest BCUT2D eigenvalue weighted by Gasteiger charge is -2.34. The van der Waals surface area contributed by atoms with Crippen LogP contribution in [0.3, 0.4) is 0 Å². The number of benzene rings is 7. The summed E-state index contributed by atoms with van der Waals surface area (Å²) in [5.41, 5.74) is 11.5. The Morgan fingerprint density at radius 1 is 0.363 bits per heavy atom. The van der Waals surface area contributed by atoms with Crippen LogP contribution < -0.4 is 15.4 Å². The normalized spacial score (nSPS) is 17.8. The Labute approximate surface area is 557 Å². The molecule has 0 amide bonds. The maximum absolute atomic E-state index is 6.28. The molecule has 9 heterocycles. The van der Waals surface area contributed by atoms with E-state index >= 15 is 0 Å². The van der Waals surface area contributed by atoms with Crippen molar-refractivity contribution in [3.63, 3.8) is 0 Å². The van der Waals surface area contributed by atoms with Gasteiger partial charge in [0.1, 0.15) is 39.8 Å². The van der Waals surface area contributed by atoms with E-state index in [2.05, 4.69) is 158 Å². The van der Waals surface area contributed by atoms with Crippen LogP contribution in [-0.2, 0) is 0 Å². The SMILES string of the molecule is CN1CCN(C2=Nc3cc(Cl)ccc3Nc3ccccc32)CC1.CN1CCN(C2=Nc3ccccc3Oc3ccc(Cl)cc32)CC1.CN1CCN(C2=Nc3ccccc3Sc3ccc(Cl)cc32)CC1.Cc1cc2c(s1)Nc1ccccc1N=C2N1CCN(C)CC1. The molecule has 0 aliphatic carbocycles. The third-order valence-corrected chi connectivity index (χ3v) is 20.1. The summed E-state index contributed by atoms with van der Waals surface area (Å²) in [6, 6.07) is 52.8. The molecule has 8 aliphatic heterocycles. The number of hydrogen-bond acceptors (Lipinski definition) is 17. The number of anilines is 4. The summed E-state index contributed by atoms with van der Waals surface area (Å²) in [5, 5.41) is 10.4. The summed E-state index contributed by atoms with van der Waals surface area (Å²) in [6.07, 6.45) is 0. The molecule has 468 valence electrons. The highest BCUT2D eigenvalue weighted by Crippen LogP contribution is 2.44. The largest absolute Gasteiger partial charge is 0.454 e. The van der Waals surface area contributed by atoms with Gasteiger partial charge in [-0.3, -0.25) is 0 Å². The minimum absolute atomic E-state index is 0.695. The third-order valence-electron chi connectivity index (χ3n) is 17.3. The Bertz CT molecular complexity index is 3930. The number of rotatable bonds is 0. The number of amidine groups is 4. The van der Waals surface area contributed by atoms with Gasteiger partial charge in [0.25, 0.3) is 0 Å². The number of aliphatic imine (C=N–C) groups is 4.